The zero-order valence-corrected chi connectivity index (χ0v) is 13.1. The van der Waals surface area contributed by atoms with Crippen LogP contribution in [0.2, 0.25) is 0 Å². The average molecular weight is 299 g/mol. The SMILES string of the molecule is CCCCN(CCN)c1ccccc1S(=O)(=O)NCC. The maximum atomic E-state index is 12.3. The first kappa shape index (κ1) is 16.9. The molecule has 0 fully saturated rings. The molecule has 5 nitrogen and oxygen atoms in total. The van der Waals surface area contributed by atoms with E-state index < -0.39 is 10.0 Å². The number of rotatable bonds is 9. The van der Waals surface area contributed by atoms with Gasteiger partial charge in [0, 0.05) is 26.2 Å². The van der Waals surface area contributed by atoms with Crippen molar-refractivity contribution in [2.24, 2.45) is 5.73 Å². The van der Waals surface area contributed by atoms with Crippen LogP contribution >= 0.6 is 0 Å². The zero-order valence-electron chi connectivity index (χ0n) is 12.3. The summed E-state index contributed by atoms with van der Waals surface area (Å²) in [6.07, 6.45) is 2.07. The minimum Gasteiger partial charge on any atom is -0.369 e. The van der Waals surface area contributed by atoms with Gasteiger partial charge in [-0.15, -0.1) is 0 Å². The Morgan fingerprint density at radius 2 is 1.90 bits per heavy atom. The molecule has 6 heteroatoms. The normalized spacial score (nSPS) is 11.6. The molecule has 0 atom stereocenters. The van der Waals surface area contributed by atoms with Crippen LogP contribution in [0.3, 0.4) is 0 Å². The molecule has 1 aromatic rings. The highest BCUT2D eigenvalue weighted by Crippen LogP contribution is 2.25. The second kappa shape index (κ2) is 8.24. The Balaban J connectivity index is 3.15. The van der Waals surface area contributed by atoms with Crippen molar-refractivity contribution in [3.63, 3.8) is 0 Å². The molecule has 0 aliphatic heterocycles. The Morgan fingerprint density at radius 1 is 1.20 bits per heavy atom. The van der Waals surface area contributed by atoms with E-state index in [-0.39, 0.29) is 0 Å². The van der Waals surface area contributed by atoms with Crippen LogP contribution in [0, 0.1) is 0 Å². The summed E-state index contributed by atoms with van der Waals surface area (Å²) in [5.74, 6) is 0. The summed E-state index contributed by atoms with van der Waals surface area (Å²) in [4.78, 5) is 2.37. The second-order valence-electron chi connectivity index (χ2n) is 4.60. The maximum Gasteiger partial charge on any atom is 0.242 e. The molecule has 0 spiro atoms. The maximum absolute atomic E-state index is 12.3. The monoisotopic (exact) mass is 299 g/mol. The molecule has 0 unspecified atom stereocenters. The van der Waals surface area contributed by atoms with E-state index in [0.717, 1.165) is 25.1 Å². The molecule has 0 saturated carbocycles. The van der Waals surface area contributed by atoms with Gasteiger partial charge >= 0.3 is 0 Å². The summed E-state index contributed by atoms with van der Waals surface area (Å²) < 4.78 is 27.1. The van der Waals surface area contributed by atoms with Crippen LogP contribution in [-0.2, 0) is 10.0 Å². The number of nitrogens with zero attached hydrogens (tertiary/aromatic N) is 1. The van der Waals surface area contributed by atoms with Gasteiger partial charge < -0.3 is 10.6 Å². The predicted molar refractivity (Wildman–Crippen MR) is 83.5 cm³/mol. The quantitative estimate of drug-likeness (QED) is 0.725. The number of unbranched alkanes of at least 4 members (excludes halogenated alkanes) is 1. The Bertz CT molecular complexity index is 503. The summed E-state index contributed by atoms with van der Waals surface area (Å²) in [6.45, 7) is 6.23. The molecule has 0 aromatic heterocycles. The van der Waals surface area contributed by atoms with Gasteiger partial charge in [-0.25, -0.2) is 13.1 Å². The number of hydrogen-bond acceptors (Lipinski definition) is 4. The van der Waals surface area contributed by atoms with Crippen LogP contribution < -0.4 is 15.4 Å². The lowest BCUT2D eigenvalue weighted by Crippen LogP contribution is -2.33. The standard InChI is InChI=1S/C14H25N3O2S/c1-3-5-11-17(12-10-15)13-8-6-7-9-14(13)20(18,19)16-4-2/h6-9,16H,3-5,10-12,15H2,1-2H3. The molecule has 3 N–H and O–H groups in total. The molecule has 0 radical (unpaired) electrons. The van der Waals surface area contributed by atoms with Crippen LogP contribution in [0.15, 0.2) is 29.2 Å². The number of hydrogen-bond donors (Lipinski definition) is 2. The molecular formula is C14H25N3O2S. The Morgan fingerprint density at radius 3 is 2.50 bits per heavy atom. The van der Waals surface area contributed by atoms with Gasteiger partial charge in [0.1, 0.15) is 4.90 Å². The first-order valence-electron chi connectivity index (χ1n) is 7.10. The highest BCUT2D eigenvalue weighted by atomic mass is 32.2. The van der Waals surface area contributed by atoms with Gasteiger partial charge in [-0.05, 0) is 18.6 Å². The summed E-state index contributed by atoms with van der Waals surface area (Å²) in [5, 5.41) is 0. The van der Waals surface area contributed by atoms with E-state index in [1.807, 2.05) is 17.0 Å². The van der Waals surface area contributed by atoms with Gasteiger partial charge in [0.15, 0.2) is 0 Å². The zero-order chi connectivity index (χ0) is 15.0. The third-order valence-electron chi connectivity index (χ3n) is 3.01. The largest absolute Gasteiger partial charge is 0.369 e. The number of nitrogens with one attached hydrogen (secondary N) is 1. The van der Waals surface area contributed by atoms with E-state index in [9.17, 15) is 8.42 Å². The van der Waals surface area contributed by atoms with Crippen molar-refractivity contribution in [3.8, 4) is 0 Å². The highest BCUT2D eigenvalue weighted by molar-refractivity contribution is 7.89. The number of benzene rings is 1. The second-order valence-corrected chi connectivity index (χ2v) is 6.33. The van der Waals surface area contributed by atoms with Gasteiger partial charge in [0.05, 0.1) is 5.69 Å². The Kier molecular flexibility index (Phi) is 6.98. The van der Waals surface area contributed by atoms with Crippen molar-refractivity contribution >= 4 is 15.7 Å². The van der Waals surface area contributed by atoms with Crippen LogP contribution in [-0.4, -0.2) is 34.6 Å². The first-order valence-corrected chi connectivity index (χ1v) is 8.58. The molecule has 1 aromatic carbocycles. The van der Waals surface area contributed by atoms with Crippen molar-refractivity contribution in [2.45, 2.75) is 31.6 Å². The fourth-order valence-corrected chi connectivity index (χ4v) is 3.34. The van der Waals surface area contributed by atoms with E-state index in [2.05, 4.69) is 11.6 Å². The number of para-hydroxylation sites is 1. The van der Waals surface area contributed by atoms with Crippen molar-refractivity contribution in [1.29, 1.82) is 0 Å². The number of sulfonamides is 1. The summed E-state index contributed by atoms with van der Waals surface area (Å²) in [6, 6.07) is 7.09. The highest BCUT2D eigenvalue weighted by Gasteiger charge is 2.20. The lowest BCUT2D eigenvalue weighted by molar-refractivity contribution is 0.583. The third-order valence-corrected chi connectivity index (χ3v) is 4.60. The minimum atomic E-state index is -3.46. The van der Waals surface area contributed by atoms with Gasteiger partial charge in [-0.2, -0.15) is 0 Å². The molecule has 0 saturated heterocycles. The summed E-state index contributed by atoms with van der Waals surface area (Å²) >= 11 is 0. The van der Waals surface area contributed by atoms with Crippen molar-refractivity contribution in [2.75, 3.05) is 31.1 Å². The topological polar surface area (TPSA) is 75.4 Å². The molecule has 0 aliphatic rings. The molecule has 0 amide bonds. The molecule has 1 rings (SSSR count). The van der Waals surface area contributed by atoms with Crippen LogP contribution in [0.1, 0.15) is 26.7 Å². The summed E-state index contributed by atoms with van der Waals surface area (Å²) in [7, 11) is -3.46. The Hall–Kier alpha value is -1.11. The molecule has 0 heterocycles. The molecular weight excluding hydrogens is 274 g/mol. The van der Waals surface area contributed by atoms with Gasteiger partial charge in [0.25, 0.3) is 0 Å². The first-order chi connectivity index (χ1) is 9.56. The van der Waals surface area contributed by atoms with E-state index >= 15 is 0 Å². The minimum absolute atomic E-state index is 0.325. The molecule has 20 heavy (non-hydrogen) atoms. The smallest absolute Gasteiger partial charge is 0.242 e. The molecule has 114 valence electrons. The number of anilines is 1. The van der Waals surface area contributed by atoms with Crippen molar-refractivity contribution in [1.82, 2.24) is 4.72 Å². The van der Waals surface area contributed by atoms with Gasteiger partial charge in [0.2, 0.25) is 10.0 Å². The van der Waals surface area contributed by atoms with Gasteiger partial charge in [-0.1, -0.05) is 32.4 Å². The lowest BCUT2D eigenvalue weighted by atomic mass is 10.2. The van der Waals surface area contributed by atoms with E-state index in [1.54, 1.807) is 19.1 Å². The molecule has 0 aliphatic carbocycles. The van der Waals surface area contributed by atoms with Crippen LogP contribution in [0.25, 0.3) is 0 Å². The van der Waals surface area contributed by atoms with Gasteiger partial charge in [-0.3, -0.25) is 0 Å². The van der Waals surface area contributed by atoms with E-state index in [1.165, 1.54) is 0 Å². The van der Waals surface area contributed by atoms with E-state index in [4.69, 9.17) is 5.73 Å². The summed E-state index contributed by atoms with van der Waals surface area (Å²) in [5.41, 5.74) is 6.38. The fraction of sp³-hybridized carbons (Fsp3) is 0.571. The van der Waals surface area contributed by atoms with E-state index in [0.29, 0.717) is 24.5 Å². The number of nitrogens with two attached hydrogens (primary N) is 1. The van der Waals surface area contributed by atoms with Crippen LogP contribution in [0.4, 0.5) is 5.69 Å². The average Bonchev–Trinajstić information content (AvgIpc) is 2.43. The fourth-order valence-electron chi connectivity index (χ4n) is 2.07. The lowest BCUT2D eigenvalue weighted by Gasteiger charge is -2.26. The van der Waals surface area contributed by atoms with Crippen LogP contribution in [0.5, 0.6) is 0 Å². The van der Waals surface area contributed by atoms with Crippen molar-refractivity contribution in [3.05, 3.63) is 24.3 Å². The Labute approximate surface area is 122 Å². The predicted octanol–water partition coefficient (Wildman–Crippen LogP) is 1.55. The molecule has 0 bridgehead atoms. The third kappa shape index (κ3) is 4.47. The van der Waals surface area contributed by atoms with Crippen molar-refractivity contribution < 1.29 is 8.42 Å².